The summed E-state index contributed by atoms with van der Waals surface area (Å²) in [6.45, 7) is 9.63. The summed E-state index contributed by atoms with van der Waals surface area (Å²) in [6, 6.07) is 0. The van der Waals surface area contributed by atoms with E-state index in [-0.39, 0.29) is 25.7 Å². The van der Waals surface area contributed by atoms with Crippen molar-refractivity contribution >= 4 is 39.5 Å². The van der Waals surface area contributed by atoms with E-state index in [2.05, 4.69) is 41.5 Å². The van der Waals surface area contributed by atoms with Crippen LogP contribution in [0.3, 0.4) is 0 Å². The van der Waals surface area contributed by atoms with Crippen molar-refractivity contribution in [2.45, 2.75) is 426 Å². The maximum atomic E-state index is 13.1. The fourth-order valence-corrected chi connectivity index (χ4v) is 13.6. The fourth-order valence-electron chi connectivity index (χ4n) is 12.0. The Hall–Kier alpha value is -1.94. The van der Waals surface area contributed by atoms with Gasteiger partial charge in [-0.15, -0.1) is 0 Å². The highest BCUT2D eigenvalue weighted by Crippen LogP contribution is 2.45. The monoisotopic (exact) mass is 1420 g/mol. The molecule has 19 heteroatoms. The van der Waals surface area contributed by atoms with Crippen molar-refractivity contribution < 1.29 is 80.2 Å². The van der Waals surface area contributed by atoms with Gasteiger partial charge in [0.2, 0.25) is 0 Å². The number of carbonyl (C=O) groups is 4. The fraction of sp³-hybridized carbons (Fsp3) is 0.949. The van der Waals surface area contributed by atoms with Crippen LogP contribution in [0.2, 0.25) is 0 Å². The van der Waals surface area contributed by atoms with Gasteiger partial charge in [-0.1, -0.05) is 356 Å². The van der Waals surface area contributed by atoms with Crippen molar-refractivity contribution in [3.63, 3.8) is 0 Å². The summed E-state index contributed by atoms with van der Waals surface area (Å²) in [4.78, 5) is 72.9. The van der Waals surface area contributed by atoms with Gasteiger partial charge in [-0.3, -0.25) is 37.3 Å². The van der Waals surface area contributed by atoms with Gasteiger partial charge in [-0.2, -0.15) is 0 Å². The molecule has 0 fully saturated rings. The van der Waals surface area contributed by atoms with Gasteiger partial charge in [0, 0.05) is 25.7 Å². The molecule has 0 aliphatic rings. The third-order valence-corrected chi connectivity index (χ3v) is 20.5. The molecule has 0 amide bonds. The number of hydrogen-bond donors (Lipinski definition) is 3. The molecule has 97 heavy (non-hydrogen) atoms. The number of phosphoric ester groups is 2. The second-order valence-electron chi connectivity index (χ2n) is 28.8. The van der Waals surface area contributed by atoms with Gasteiger partial charge in [-0.25, -0.2) is 9.13 Å². The molecule has 0 aromatic carbocycles. The number of esters is 4. The van der Waals surface area contributed by atoms with E-state index in [4.69, 9.17) is 37.0 Å². The molecule has 6 atom stereocenters. The Bertz CT molecular complexity index is 1870. The van der Waals surface area contributed by atoms with Crippen LogP contribution in [-0.4, -0.2) is 96.7 Å². The largest absolute Gasteiger partial charge is 0.472 e. The van der Waals surface area contributed by atoms with Crippen LogP contribution < -0.4 is 0 Å². The molecule has 0 saturated carbocycles. The molecule has 0 aliphatic heterocycles. The van der Waals surface area contributed by atoms with Crippen LogP contribution in [0.25, 0.3) is 0 Å². The maximum absolute atomic E-state index is 13.1. The second-order valence-corrected chi connectivity index (χ2v) is 31.7. The summed E-state index contributed by atoms with van der Waals surface area (Å²) >= 11 is 0. The van der Waals surface area contributed by atoms with Gasteiger partial charge in [0.1, 0.15) is 19.3 Å². The summed E-state index contributed by atoms with van der Waals surface area (Å²) in [5, 5.41) is 10.6. The van der Waals surface area contributed by atoms with Gasteiger partial charge in [0.05, 0.1) is 26.4 Å². The zero-order valence-corrected chi connectivity index (χ0v) is 65.2. The van der Waals surface area contributed by atoms with Crippen molar-refractivity contribution in [2.24, 2.45) is 11.8 Å². The van der Waals surface area contributed by atoms with E-state index in [1.165, 1.54) is 225 Å². The van der Waals surface area contributed by atoms with E-state index in [1.807, 2.05) is 0 Å². The molecule has 0 aromatic heterocycles. The van der Waals surface area contributed by atoms with Gasteiger partial charge >= 0.3 is 39.5 Å². The number of phosphoric acid groups is 2. The Morgan fingerprint density at radius 1 is 0.299 bits per heavy atom. The molecule has 17 nitrogen and oxygen atoms in total. The minimum Gasteiger partial charge on any atom is -0.462 e. The van der Waals surface area contributed by atoms with E-state index in [1.54, 1.807) is 0 Å². The van der Waals surface area contributed by atoms with Crippen LogP contribution in [-0.2, 0) is 65.4 Å². The summed E-state index contributed by atoms with van der Waals surface area (Å²) in [5.74, 6) is -0.551. The minimum absolute atomic E-state index is 0.107. The molecular formula is C78H152O17P2. The predicted molar refractivity (Wildman–Crippen MR) is 395 cm³/mol. The van der Waals surface area contributed by atoms with E-state index >= 15 is 0 Å². The van der Waals surface area contributed by atoms with Crippen molar-refractivity contribution in [3.8, 4) is 0 Å². The first-order valence-corrected chi connectivity index (χ1v) is 43.5. The smallest absolute Gasteiger partial charge is 0.462 e. The zero-order valence-electron chi connectivity index (χ0n) is 63.4. The van der Waals surface area contributed by atoms with Crippen LogP contribution in [0.1, 0.15) is 408 Å². The molecule has 0 heterocycles. The van der Waals surface area contributed by atoms with E-state index in [0.717, 1.165) is 102 Å². The van der Waals surface area contributed by atoms with Crippen LogP contribution in [0.5, 0.6) is 0 Å². The van der Waals surface area contributed by atoms with Gasteiger partial charge in [0.15, 0.2) is 12.2 Å². The molecule has 0 rings (SSSR count). The lowest BCUT2D eigenvalue weighted by Gasteiger charge is -2.21. The van der Waals surface area contributed by atoms with Crippen molar-refractivity contribution in [2.75, 3.05) is 39.6 Å². The number of unbranched alkanes of at least 4 members (excludes halogenated alkanes) is 46. The number of ether oxygens (including phenoxy) is 4. The Morgan fingerprint density at radius 3 is 0.784 bits per heavy atom. The predicted octanol–water partition coefficient (Wildman–Crippen LogP) is 23.1. The normalized spacial score (nSPS) is 14.2. The molecule has 3 N–H and O–H groups in total. The second kappa shape index (κ2) is 69.8. The first kappa shape index (κ1) is 95.1. The highest BCUT2D eigenvalue weighted by molar-refractivity contribution is 7.47. The number of hydrogen-bond acceptors (Lipinski definition) is 15. The number of rotatable bonds is 77. The third-order valence-electron chi connectivity index (χ3n) is 18.6. The first-order valence-electron chi connectivity index (χ1n) is 40.5. The van der Waals surface area contributed by atoms with Crippen LogP contribution in [0, 0.1) is 11.8 Å². The van der Waals surface area contributed by atoms with Crippen LogP contribution in [0.15, 0.2) is 0 Å². The average Bonchev–Trinajstić information content (AvgIpc) is 1.17. The van der Waals surface area contributed by atoms with E-state index < -0.39 is 97.5 Å². The van der Waals surface area contributed by atoms with Crippen LogP contribution >= 0.6 is 15.6 Å². The molecule has 576 valence electrons. The maximum Gasteiger partial charge on any atom is 0.472 e. The molecule has 0 aromatic rings. The minimum atomic E-state index is -4.96. The van der Waals surface area contributed by atoms with E-state index in [9.17, 15) is 43.2 Å². The lowest BCUT2D eigenvalue weighted by molar-refractivity contribution is -0.161. The van der Waals surface area contributed by atoms with Gasteiger partial charge in [0.25, 0.3) is 0 Å². The van der Waals surface area contributed by atoms with Crippen LogP contribution in [0.4, 0.5) is 0 Å². The molecule has 0 saturated heterocycles. The standard InChI is InChI=1S/C78H152O17P2/c1-7-10-12-14-16-18-20-22-23-24-25-27-33-37-45-51-57-63-78(83)94-73(66-88-75(80)60-54-48-42-35-31-29-28-30-34-40-46-52-58-70(4)5)68-92-96(84,85)90-64-72(79)65-91-97(86,87)93-69-74(67-89-76(81)61-55-49-43-39-38-41-47-53-59-71(6)9-3)95-77(82)62-56-50-44-36-32-26-21-19-17-15-13-11-8-2/h70-74,79H,7-69H2,1-6H3,(H,84,85)(H,86,87)/t71?,72-,73-,74-/m1/s1. The molecular weight excluding hydrogens is 1270 g/mol. The molecule has 3 unspecified atom stereocenters. The highest BCUT2D eigenvalue weighted by atomic mass is 31.2. The molecule has 0 spiro atoms. The van der Waals surface area contributed by atoms with E-state index in [0.29, 0.717) is 25.7 Å². The topological polar surface area (TPSA) is 237 Å². The highest BCUT2D eigenvalue weighted by Gasteiger charge is 2.30. The first-order chi connectivity index (χ1) is 46.9. The summed E-state index contributed by atoms with van der Waals surface area (Å²) < 4.78 is 68.6. The number of carbonyl (C=O) groups excluding carboxylic acids is 4. The Labute approximate surface area is 594 Å². The molecule has 0 radical (unpaired) electrons. The van der Waals surface area contributed by atoms with Crippen molar-refractivity contribution in [3.05, 3.63) is 0 Å². The summed E-state index contributed by atoms with van der Waals surface area (Å²) in [7, 11) is -9.92. The summed E-state index contributed by atoms with van der Waals surface area (Å²) in [5.41, 5.74) is 0. The van der Waals surface area contributed by atoms with Crippen molar-refractivity contribution in [1.82, 2.24) is 0 Å². The SMILES string of the molecule is CCCCCCCCCCCCCCCCCCCC(=O)O[C@H](COC(=O)CCCCCCCCCCCCCCC(C)C)COP(=O)(O)OC[C@@H](O)COP(=O)(O)OC[C@@H](COC(=O)CCCCCCCCCCC(C)CC)OC(=O)CCCCCCCCCCCCCCC. The van der Waals surface area contributed by atoms with Gasteiger partial charge in [-0.05, 0) is 37.5 Å². The zero-order chi connectivity index (χ0) is 71.4. The Morgan fingerprint density at radius 2 is 0.526 bits per heavy atom. The van der Waals surface area contributed by atoms with Crippen molar-refractivity contribution in [1.29, 1.82) is 0 Å². The molecule has 0 bridgehead atoms. The Kier molecular flexibility index (Phi) is 68.4. The summed E-state index contributed by atoms with van der Waals surface area (Å²) in [6.07, 6.45) is 58.1. The number of aliphatic hydroxyl groups excluding tert-OH is 1. The van der Waals surface area contributed by atoms with Gasteiger partial charge < -0.3 is 33.8 Å². The average molecular weight is 1420 g/mol. The quantitative estimate of drug-likeness (QED) is 0.0222. The lowest BCUT2D eigenvalue weighted by atomic mass is 9.99. The Balaban J connectivity index is 5.27. The third kappa shape index (κ3) is 70.9. The molecule has 0 aliphatic carbocycles. The lowest BCUT2D eigenvalue weighted by Crippen LogP contribution is -2.30. The number of aliphatic hydroxyl groups is 1.